The van der Waals surface area contributed by atoms with E-state index in [1.165, 1.54) is 38.1 Å². The zero-order valence-electron chi connectivity index (χ0n) is 18.6. The molecule has 2 aromatic carbocycles. The second kappa shape index (κ2) is 9.49. The maximum absolute atomic E-state index is 13.1. The van der Waals surface area contributed by atoms with Crippen LogP contribution in [0.15, 0.2) is 60.7 Å². The molecule has 1 aliphatic heterocycles. The van der Waals surface area contributed by atoms with Crippen LogP contribution in [-0.2, 0) is 0 Å². The zero-order valence-corrected chi connectivity index (χ0v) is 18.6. The first-order chi connectivity index (χ1) is 15.4. The van der Waals surface area contributed by atoms with Crippen molar-refractivity contribution in [1.82, 2.24) is 10.3 Å². The van der Waals surface area contributed by atoms with Crippen LogP contribution in [0.2, 0.25) is 0 Å². The minimum absolute atomic E-state index is 0.0705. The first-order valence-electron chi connectivity index (χ1n) is 11.0. The molecule has 0 radical (unpaired) electrons. The molecule has 1 N–H and O–H groups in total. The van der Waals surface area contributed by atoms with Crippen LogP contribution >= 0.6 is 0 Å². The van der Waals surface area contributed by atoms with Gasteiger partial charge in [0.15, 0.2) is 0 Å². The summed E-state index contributed by atoms with van der Waals surface area (Å²) in [5.74, 6) is 0.838. The maximum Gasteiger partial charge on any atom is 0.251 e. The quantitative estimate of drug-likeness (QED) is 0.535. The fraction of sp³-hybridized carbons (Fsp3) is 0.308. The van der Waals surface area contributed by atoms with Crippen molar-refractivity contribution in [3.8, 4) is 22.8 Å². The predicted octanol–water partition coefficient (Wildman–Crippen LogP) is 4.96. The summed E-state index contributed by atoms with van der Waals surface area (Å²) in [7, 11) is 2.26. The number of pyridine rings is 1. The molecule has 0 atom stereocenters. The van der Waals surface area contributed by atoms with Crippen LogP contribution in [0, 0.1) is 12.7 Å². The largest absolute Gasteiger partial charge is 0.457 e. The number of carbonyl (C=O) groups excluding carboxylic acids is 1. The van der Waals surface area contributed by atoms with Crippen LogP contribution in [0.3, 0.4) is 0 Å². The Morgan fingerprint density at radius 3 is 2.31 bits per heavy atom. The van der Waals surface area contributed by atoms with E-state index in [2.05, 4.69) is 17.3 Å². The molecule has 32 heavy (non-hydrogen) atoms. The van der Waals surface area contributed by atoms with Gasteiger partial charge in [-0.15, -0.1) is 0 Å². The van der Waals surface area contributed by atoms with Crippen molar-refractivity contribution in [2.24, 2.45) is 0 Å². The smallest absolute Gasteiger partial charge is 0.251 e. The Balaban J connectivity index is 1.42. The van der Waals surface area contributed by atoms with Crippen molar-refractivity contribution in [2.75, 3.05) is 33.2 Å². The van der Waals surface area contributed by atoms with Crippen molar-refractivity contribution in [3.05, 3.63) is 77.7 Å². The fourth-order valence-corrected chi connectivity index (χ4v) is 4.14. The number of likely N-dealkylation sites (tertiary alicyclic amines) is 1. The Bertz CT molecular complexity index is 1080. The lowest BCUT2D eigenvalue weighted by Gasteiger charge is -2.29. The van der Waals surface area contributed by atoms with Gasteiger partial charge in [0.1, 0.15) is 17.3 Å². The van der Waals surface area contributed by atoms with Gasteiger partial charge in [-0.25, -0.2) is 4.39 Å². The number of nitrogens with zero attached hydrogens (tertiary/aromatic N) is 2. The van der Waals surface area contributed by atoms with E-state index >= 15 is 0 Å². The molecule has 6 heteroatoms. The van der Waals surface area contributed by atoms with Gasteiger partial charge in [-0.3, -0.25) is 9.78 Å². The Hall–Kier alpha value is -3.25. The number of aromatic nitrogens is 1. The van der Waals surface area contributed by atoms with Crippen molar-refractivity contribution >= 4 is 5.91 Å². The topological polar surface area (TPSA) is 51.2 Å². The van der Waals surface area contributed by atoms with E-state index in [1.54, 1.807) is 12.1 Å². The molecule has 3 aromatic rings. The molecule has 0 bridgehead atoms. The molecule has 1 aromatic heterocycles. The lowest BCUT2D eigenvalue weighted by molar-refractivity contribution is -0.896. The summed E-state index contributed by atoms with van der Waals surface area (Å²) >= 11 is 0. The Morgan fingerprint density at radius 1 is 1.03 bits per heavy atom. The molecule has 4 rings (SSSR count). The number of ether oxygens (including phenoxy) is 1. The van der Waals surface area contributed by atoms with Crippen LogP contribution in [0.5, 0.6) is 11.5 Å². The van der Waals surface area contributed by atoms with Gasteiger partial charge in [0.05, 0.1) is 38.9 Å². The molecule has 166 valence electrons. The highest BCUT2D eigenvalue weighted by molar-refractivity contribution is 5.95. The van der Waals surface area contributed by atoms with E-state index in [0.717, 1.165) is 28.0 Å². The van der Waals surface area contributed by atoms with Gasteiger partial charge < -0.3 is 14.5 Å². The number of hydrogen-bond acceptors (Lipinski definition) is 3. The first kappa shape index (κ1) is 22.0. The Kier molecular flexibility index (Phi) is 6.51. The third-order valence-electron chi connectivity index (χ3n) is 6.00. The van der Waals surface area contributed by atoms with Crippen LogP contribution in [0.1, 0.15) is 28.9 Å². The molecular formula is C26H29FN3O2+. The van der Waals surface area contributed by atoms with Gasteiger partial charge >= 0.3 is 0 Å². The van der Waals surface area contributed by atoms with Crippen molar-refractivity contribution < 1.29 is 18.4 Å². The van der Waals surface area contributed by atoms with Gasteiger partial charge in [-0.1, -0.05) is 0 Å². The lowest BCUT2D eigenvalue weighted by Crippen LogP contribution is -2.46. The molecule has 0 aliphatic carbocycles. The number of benzene rings is 2. The summed E-state index contributed by atoms with van der Waals surface area (Å²) in [6.07, 6.45) is 2.54. The van der Waals surface area contributed by atoms with Crippen molar-refractivity contribution in [3.63, 3.8) is 0 Å². The second-order valence-corrected chi connectivity index (χ2v) is 8.72. The Morgan fingerprint density at radius 2 is 1.66 bits per heavy atom. The van der Waals surface area contributed by atoms with Crippen LogP contribution in [0.25, 0.3) is 11.3 Å². The molecule has 2 heterocycles. The molecular weight excluding hydrogens is 405 g/mol. The second-order valence-electron chi connectivity index (χ2n) is 8.72. The summed E-state index contributed by atoms with van der Waals surface area (Å²) in [6.45, 7) is 5.90. The molecule has 5 nitrogen and oxygen atoms in total. The van der Waals surface area contributed by atoms with E-state index in [0.29, 0.717) is 23.6 Å². The van der Waals surface area contributed by atoms with Gasteiger partial charge in [0.2, 0.25) is 0 Å². The molecule has 0 unspecified atom stereocenters. The highest BCUT2D eigenvalue weighted by Gasteiger charge is 2.26. The van der Waals surface area contributed by atoms with Gasteiger partial charge in [0, 0.05) is 29.7 Å². The molecule has 1 fully saturated rings. The number of hydrogen-bond donors (Lipinski definition) is 1. The number of amides is 1. The molecule has 0 saturated carbocycles. The van der Waals surface area contributed by atoms with E-state index < -0.39 is 0 Å². The lowest BCUT2D eigenvalue weighted by atomic mass is 10.1. The number of halogens is 1. The number of nitrogens with one attached hydrogen (secondary N) is 1. The van der Waals surface area contributed by atoms with Crippen molar-refractivity contribution in [2.45, 2.75) is 19.8 Å². The van der Waals surface area contributed by atoms with Gasteiger partial charge in [-0.2, -0.15) is 0 Å². The standard InChI is InChI=1S/C26H28FN3O2/c1-19-17-21(26(31)28-13-16-30(2)14-3-4-15-30)18-25(29-19)20-5-9-23(10-6-20)32-24-11-7-22(27)8-12-24/h5-12,17-18H,3-4,13-16H2,1-2H3/p+1. The number of quaternary nitrogens is 1. The third-order valence-corrected chi connectivity index (χ3v) is 6.00. The molecule has 1 amide bonds. The highest BCUT2D eigenvalue weighted by Crippen LogP contribution is 2.26. The van der Waals surface area contributed by atoms with E-state index in [-0.39, 0.29) is 11.7 Å². The minimum atomic E-state index is -0.301. The molecule has 1 aliphatic rings. The minimum Gasteiger partial charge on any atom is -0.457 e. The average Bonchev–Trinajstić information content (AvgIpc) is 3.22. The van der Waals surface area contributed by atoms with Crippen molar-refractivity contribution in [1.29, 1.82) is 0 Å². The van der Waals surface area contributed by atoms with E-state index in [1.807, 2.05) is 43.3 Å². The highest BCUT2D eigenvalue weighted by atomic mass is 19.1. The number of rotatable bonds is 7. The molecule has 0 spiro atoms. The summed E-state index contributed by atoms with van der Waals surface area (Å²) in [4.78, 5) is 17.3. The summed E-state index contributed by atoms with van der Waals surface area (Å²) in [5.41, 5.74) is 3.03. The summed E-state index contributed by atoms with van der Waals surface area (Å²) in [6, 6.07) is 17.0. The number of likely N-dealkylation sites (N-methyl/N-ethyl adjacent to an activating group) is 1. The zero-order chi connectivity index (χ0) is 22.6. The van der Waals surface area contributed by atoms with E-state index in [4.69, 9.17) is 4.74 Å². The average molecular weight is 435 g/mol. The first-order valence-corrected chi connectivity index (χ1v) is 11.0. The maximum atomic E-state index is 13.1. The van der Waals surface area contributed by atoms with Gasteiger partial charge in [-0.05, 0) is 67.6 Å². The number of aryl methyl sites for hydroxylation is 1. The SMILES string of the molecule is Cc1cc(C(=O)NCC[N+]2(C)CCCC2)cc(-c2ccc(Oc3ccc(F)cc3)cc2)n1. The fourth-order valence-electron chi connectivity index (χ4n) is 4.14. The summed E-state index contributed by atoms with van der Waals surface area (Å²) in [5, 5.41) is 3.07. The third kappa shape index (κ3) is 5.51. The summed E-state index contributed by atoms with van der Waals surface area (Å²) < 4.78 is 19.8. The monoisotopic (exact) mass is 434 g/mol. The molecule has 1 saturated heterocycles. The van der Waals surface area contributed by atoms with Crippen LogP contribution in [-0.4, -0.2) is 48.6 Å². The van der Waals surface area contributed by atoms with Gasteiger partial charge in [0.25, 0.3) is 5.91 Å². The van der Waals surface area contributed by atoms with Crippen LogP contribution < -0.4 is 10.1 Å². The van der Waals surface area contributed by atoms with Crippen LogP contribution in [0.4, 0.5) is 4.39 Å². The van der Waals surface area contributed by atoms with E-state index in [9.17, 15) is 9.18 Å². The normalized spacial score (nSPS) is 14.8. The predicted molar refractivity (Wildman–Crippen MR) is 123 cm³/mol. The Labute approximate surface area is 188 Å². The number of carbonyl (C=O) groups is 1.